The van der Waals surface area contributed by atoms with Crippen molar-refractivity contribution in [2.75, 3.05) is 26.9 Å². The van der Waals surface area contributed by atoms with E-state index in [0.29, 0.717) is 24.8 Å². The molecule has 1 aliphatic heterocycles. The van der Waals surface area contributed by atoms with Gasteiger partial charge >= 0.3 is 14.6 Å². The molecular weight excluding hydrogens is 433 g/mol. The van der Waals surface area contributed by atoms with Gasteiger partial charge in [-0.05, 0) is 43.5 Å². The second-order valence-corrected chi connectivity index (χ2v) is 8.98. The average molecular weight is 458 g/mol. The van der Waals surface area contributed by atoms with E-state index in [1.54, 1.807) is 17.4 Å². The van der Waals surface area contributed by atoms with Crippen LogP contribution in [0.5, 0.6) is 5.06 Å². The lowest BCUT2D eigenvalue weighted by Gasteiger charge is -2.33. The Labute approximate surface area is 181 Å². The van der Waals surface area contributed by atoms with E-state index in [0.717, 1.165) is 29.2 Å². The number of fused-ring (bicyclic) bond motifs is 1. The third-order valence-electron chi connectivity index (χ3n) is 4.50. The predicted molar refractivity (Wildman–Crippen MR) is 115 cm³/mol. The van der Waals surface area contributed by atoms with E-state index in [4.69, 9.17) is 29.9 Å². The molecule has 0 radical (unpaired) electrons. The second kappa shape index (κ2) is 10.7. The van der Waals surface area contributed by atoms with Crippen molar-refractivity contribution in [2.45, 2.75) is 32.9 Å². The molecule has 1 atom stereocenters. The Balaban J connectivity index is 1.79. The Morgan fingerprint density at radius 1 is 1.28 bits per heavy atom. The molecule has 0 aliphatic carbocycles. The minimum Gasteiger partial charge on any atom is -0.468 e. The third-order valence-corrected chi connectivity index (χ3v) is 7.36. The highest BCUT2D eigenvalue weighted by Gasteiger charge is 2.33. The monoisotopic (exact) mass is 457 g/mol. The van der Waals surface area contributed by atoms with Gasteiger partial charge in [-0.25, -0.2) is 4.79 Å². The largest absolute Gasteiger partial charge is 0.468 e. The molecular formula is C20H25ClNO5PS. The number of methoxy groups -OCH3 is 1. The Kier molecular flexibility index (Phi) is 8.30. The molecule has 0 saturated carbocycles. The van der Waals surface area contributed by atoms with Gasteiger partial charge in [-0.3, -0.25) is 4.90 Å². The fraction of sp³-hybridized carbons (Fsp3) is 0.450. The summed E-state index contributed by atoms with van der Waals surface area (Å²) >= 11 is 7.99. The number of carbonyl (C=O) groups is 1. The number of halogens is 1. The fourth-order valence-corrected chi connectivity index (χ4v) is 5.51. The molecule has 0 bridgehead atoms. The van der Waals surface area contributed by atoms with E-state index < -0.39 is 14.6 Å². The molecule has 1 aliphatic rings. The highest BCUT2D eigenvalue weighted by atomic mass is 35.5. The van der Waals surface area contributed by atoms with Gasteiger partial charge in [-0.2, -0.15) is 0 Å². The van der Waals surface area contributed by atoms with Gasteiger partial charge < -0.3 is 18.3 Å². The number of hydrogen-bond acceptors (Lipinski definition) is 7. The highest BCUT2D eigenvalue weighted by Crippen LogP contribution is 2.45. The number of carbonyl (C=O) groups excluding carboxylic acids is 1. The third kappa shape index (κ3) is 5.48. The average Bonchev–Trinajstić information content (AvgIpc) is 3.11. The summed E-state index contributed by atoms with van der Waals surface area (Å²) in [4.78, 5) is 15.9. The van der Waals surface area contributed by atoms with Gasteiger partial charge in [0.2, 0.25) is 0 Å². The van der Waals surface area contributed by atoms with Crippen LogP contribution in [0.4, 0.5) is 0 Å². The van der Waals surface area contributed by atoms with Crippen molar-refractivity contribution in [2.24, 2.45) is 0 Å². The molecule has 1 unspecified atom stereocenters. The first-order valence-corrected chi connectivity index (χ1v) is 11.8. The number of thiophene rings is 1. The first kappa shape index (κ1) is 22.5. The Bertz CT molecular complexity index is 827. The fourth-order valence-electron chi connectivity index (χ4n) is 3.25. The number of rotatable bonds is 9. The smallest absolute Gasteiger partial charge is 0.397 e. The second-order valence-electron chi connectivity index (χ2n) is 6.33. The summed E-state index contributed by atoms with van der Waals surface area (Å²) in [5.41, 5.74) is 1.90. The Morgan fingerprint density at radius 2 is 2.00 bits per heavy atom. The topological polar surface area (TPSA) is 57.2 Å². The van der Waals surface area contributed by atoms with Gasteiger partial charge in [-0.1, -0.05) is 29.8 Å². The zero-order chi connectivity index (χ0) is 20.8. The minimum atomic E-state index is -1.40. The molecule has 0 fully saturated rings. The summed E-state index contributed by atoms with van der Waals surface area (Å²) in [6, 6.07) is 8.87. The number of benzene rings is 1. The standard InChI is InChI=1S/C20H25ClNO5PS/c1-4-25-28(26-5-2)27-18-12-14-13-22(11-10-17(14)29-18)19(20(23)24-3)15-8-6-7-9-16(15)21/h6-9,12,19H,4-5,10-11,13H2,1-3H3. The Morgan fingerprint density at radius 3 is 2.66 bits per heavy atom. The van der Waals surface area contributed by atoms with Gasteiger partial charge in [-0.15, -0.1) is 11.3 Å². The van der Waals surface area contributed by atoms with Crippen molar-refractivity contribution < 1.29 is 23.1 Å². The van der Waals surface area contributed by atoms with Crippen LogP contribution in [0.2, 0.25) is 5.02 Å². The van der Waals surface area contributed by atoms with E-state index in [2.05, 4.69) is 4.90 Å². The van der Waals surface area contributed by atoms with Crippen LogP contribution >= 0.6 is 31.5 Å². The lowest BCUT2D eigenvalue weighted by atomic mass is 10.0. The van der Waals surface area contributed by atoms with Crippen LogP contribution in [0.1, 0.15) is 35.9 Å². The number of ether oxygens (including phenoxy) is 1. The molecule has 0 saturated heterocycles. The van der Waals surface area contributed by atoms with E-state index in [-0.39, 0.29) is 5.97 Å². The van der Waals surface area contributed by atoms with E-state index in [1.165, 1.54) is 12.0 Å². The number of nitrogens with zero attached hydrogens (tertiary/aromatic N) is 1. The summed E-state index contributed by atoms with van der Waals surface area (Å²) in [5, 5.41) is 1.33. The molecule has 9 heteroatoms. The van der Waals surface area contributed by atoms with Crippen molar-refractivity contribution in [1.29, 1.82) is 0 Å². The van der Waals surface area contributed by atoms with Crippen LogP contribution in [0.25, 0.3) is 0 Å². The minimum absolute atomic E-state index is 0.315. The van der Waals surface area contributed by atoms with Crippen LogP contribution in [-0.4, -0.2) is 37.7 Å². The van der Waals surface area contributed by atoms with Crippen molar-refractivity contribution in [1.82, 2.24) is 4.90 Å². The summed E-state index contributed by atoms with van der Waals surface area (Å²) in [6.07, 6.45) is 0.822. The molecule has 2 aromatic rings. The summed E-state index contributed by atoms with van der Waals surface area (Å²) in [7, 11) is 0.00715. The molecule has 158 valence electrons. The maximum atomic E-state index is 12.6. The van der Waals surface area contributed by atoms with Gasteiger partial charge in [0.1, 0.15) is 6.04 Å². The number of hydrogen-bond donors (Lipinski definition) is 0. The van der Waals surface area contributed by atoms with Crippen molar-refractivity contribution in [3.8, 4) is 5.06 Å². The lowest BCUT2D eigenvalue weighted by Crippen LogP contribution is -2.38. The Hall–Kier alpha value is -1.21. The van der Waals surface area contributed by atoms with E-state index >= 15 is 0 Å². The van der Waals surface area contributed by atoms with Crippen LogP contribution in [-0.2, 0) is 31.5 Å². The molecule has 1 aromatic carbocycles. The SMILES string of the molecule is CCOP(OCC)Oc1cc2c(s1)CCN(C(C(=O)OC)c1ccccc1Cl)C2. The summed E-state index contributed by atoms with van der Waals surface area (Å²) in [6.45, 7) is 6.23. The van der Waals surface area contributed by atoms with E-state index in [9.17, 15) is 4.79 Å². The van der Waals surface area contributed by atoms with Crippen molar-refractivity contribution >= 4 is 37.5 Å². The van der Waals surface area contributed by atoms with E-state index in [1.807, 2.05) is 38.1 Å². The quantitative estimate of drug-likeness (QED) is 0.373. The molecule has 29 heavy (non-hydrogen) atoms. The van der Waals surface area contributed by atoms with Gasteiger partial charge in [0.05, 0.1) is 20.3 Å². The molecule has 0 N–H and O–H groups in total. The van der Waals surface area contributed by atoms with Crippen LogP contribution < -0.4 is 4.52 Å². The van der Waals surface area contributed by atoms with Gasteiger partial charge in [0.25, 0.3) is 0 Å². The molecule has 3 rings (SSSR count). The molecule has 1 aromatic heterocycles. The van der Waals surface area contributed by atoms with Crippen molar-refractivity contribution in [3.63, 3.8) is 0 Å². The maximum absolute atomic E-state index is 12.6. The maximum Gasteiger partial charge on any atom is 0.397 e. The van der Waals surface area contributed by atoms with Crippen LogP contribution in [0.15, 0.2) is 30.3 Å². The van der Waals surface area contributed by atoms with Gasteiger partial charge in [0.15, 0.2) is 5.06 Å². The molecule has 0 amide bonds. The predicted octanol–water partition coefficient (Wildman–Crippen LogP) is 5.35. The van der Waals surface area contributed by atoms with Gasteiger partial charge in [0, 0.05) is 23.0 Å². The lowest BCUT2D eigenvalue weighted by molar-refractivity contribution is -0.147. The molecule has 0 spiro atoms. The zero-order valence-electron chi connectivity index (χ0n) is 16.7. The first-order chi connectivity index (χ1) is 14.1. The molecule has 2 heterocycles. The summed E-state index contributed by atoms with van der Waals surface area (Å²) in [5.74, 6) is -0.315. The normalized spacial score (nSPS) is 15.2. The highest BCUT2D eigenvalue weighted by molar-refractivity contribution is 7.42. The molecule has 6 nitrogen and oxygen atoms in total. The number of esters is 1. The van der Waals surface area contributed by atoms with Crippen molar-refractivity contribution in [3.05, 3.63) is 51.4 Å². The zero-order valence-corrected chi connectivity index (χ0v) is 19.2. The van der Waals surface area contributed by atoms with Crippen LogP contribution in [0, 0.1) is 0 Å². The first-order valence-electron chi connectivity index (χ1n) is 9.49. The van der Waals surface area contributed by atoms with Crippen LogP contribution in [0.3, 0.4) is 0 Å². The summed E-state index contributed by atoms with van der Waals surface area (Å²) < 4.78 is 22.1.